The molecule has 2 N–H and O–H groups in total. The highest BCUT2D eigenvalue weighted by molar-refractivity contribution is 7.89. The van der Waals surface area contributed by atoms with Crippen molar-refractivity contribution in [2.45, 2.75) is 56.6 Å². The van der Waals surface area contributed by atoms with Gasteiger partial charge in [0, 0.05) is 30.2 Å². The molecular weight excluding hydrogens is 392 g/mol. The van der Waals surface area contributed by atoms with Gasteiger partial charge >= 0.3 is 6.09 Å². The van der Waals surface area contributed by atoms with E-state index in [-0.39, 0.29) is 48.0 Å². The summed E-state index contributed by atoms with van der Waals surface area (Å²) >= 11 is 5.99. The number of benzene rings is 1. The minimum atomic E-state index is -3.80. The van der Waals surface area contributed by atoms with Crippen molar-refractivity contribution in [3.05, 3.63) is 28.8 Å². The average molecular weight is 419 g/mol. The third-order valence-electron chi connectivity index (χ3n) is 4.31. The molecule has 0 aliphatic carbocycles. The molecule has 0 saturated carbocycles. The maximum absolute atomic E-state index is 12.6. The fraction of sp³-hybridized carbons (Fsp3) is 0.611. The van der Waals surface area contributed by atoms with Gasteiger partial charge in [0.05, 0.1) is 10.5 Å². The van der Waals surface area contributed by atoms with Crippen LogP contribution in [0.2, 0.25) is 5.02 Å². The zero-order valence-corrected chi connectivity index (χ0v) is 17.7. The lowest BCUT2D eigenvalue weighted by molar-refractivity contribution is -0.0372. The third-order valence-corrected chi connectivity index (χ3v) is 6.13. The highest BCUT2D eigenvalue weighted by Gasteiger charge is 2.40. The monoisotopic (exact) mass is 418 g/mol. The maximum atomic E-state index is 12.6. The molecule has 1 saturated heterocycles. The molecule has 0 spiro atoms. The summed E-state index contributed by atoms with van der Waals surface area (Å²) in [5, 5.41) is 11.4. The van der Waals surface area contributed by atoms with Crippen molar-refractivity contribution in [3.8, 4) is 0 Å². The number of amides is 1. The van der Waals surface area contributed by atoms with Crippen LogP contribution in [0.25, 0.3) is 0 Å². The zero-order chi connectivity index (χ0) is 20.5. The standard InChI is InChI=1S/C18H27ClN2O5S/c1-5-20-27(24,25)15-12-13(19)6-7-14(15)18(23)8-10-21(11-9-18)16(22)26-17(2,3)4/h6-7,12,20,23H,5,8-11H2,1-4H3. The van der Waals surface area contributed by atoms with Gasteiger partial charge in [-0.2, -0.15) is 0 Å². The third kappa shape index (κ3) is 5.34. The van der Waals surface area contributed by atoms with Crippen LogP contribution >= 0.6 is 11.6 Å². The van der Waals surface area contributed by atoms with E-state index in [9.17, 15) is 18.3 Å². The molecule has 0 unspecified atom stereocenters. The van der Waals surface area contributed by atoms with Crippen molar-refractivity contribution in [3.63, 3.8) is 0 Å². The lowest BCUT2D eigenvalue weighted by atomic mass is 9.84. The van der Waals surface area contributed by atoms with Crippen LogP contribution in [0.15, 0.2) is 23.1 Å². The number of hydrogen-bond acceptors (Lipinski definition) is 5. The Balaban J connectivity index is 2.26. The van der Waals surface area contributed by atoms with Crippen LogP contribution < -0.4 is 4.72 Å². The van der Waals surface area contributed by atoms with Gasteiger partial charge in [0.15, 0.2) is 0 Å². The van der Waals surface area contributed by atoms with E-state index >= 15 is 0 Å². The summed E-state index contributed by atoms with van der Waals surface area (Å²) in [7, 11) is -3.80. The first-order valence-corrected chi connectivity index (χ1v) is 10.7. The molecule has 1 aliphatic heterocycles. The van der Waals surface area contributed by atoms with Crippen LogP contribution in [-0.2, 0) is 20.4 Å². The molecule has 0 bridgehead atoms. The van der Waals surface area contributed by atoms with Crippen LogP contribution in [-0.4, -0.2) is 49.8 Å². The quantitative estimate of drug-likeness (QED) is 0.783. The molecule has 1 amide bonds. The summed E-state index contributed by atoms with van der Waals surface area (Å²) in [5.74, 6) is 0. The molecule has 0 radical (unpaired) electrons. The Kier molecular flexibility index (Phi) is 6.46. The van der Waals surface area contributed by atoms with Gasteiger partial charge in [0.1, 0.15) is 5.60 Å². The van der Waals surface area contributed by atoms with E-state index < -0.39 is 27.3 Å². The van der Waals surface area contributed by atoms with Crippen LogP contribution in [0.5, 0.6) is 0 Å². The molecule has 1 fully saturated rings. The Morgan fingerprint density at radius 1 is 1.33 bits per heavy atom. The van der Waals surface area contributed by atoms with Gasteiger partial charge in [0.2, 0.25) is 10.0 Å². The summed E-state index contributed by atoms with van der Waals surface area (Å²) in [6, 6.07) is 4.43. The number of likely N-dealkylation sites (tertiary alicyclic amines) is 1. The number of hydrogen-bond donors (Lipinski definition) is 2. The van der Waals surface area contributed by atoms with Crippen LogP contribution in [0.4, 0.5) is 4.79 Å². The first-order chi connectivity index (χ1) is 12.4. The van der Waals surface area contributed by atoms with Gasteiger partial charge < -0.3 is 14.7 Å². The molecule has 7 nitrogen and oxygen atoms in total. The van der Waals surface area contributed by atoms with E-state index in [0.717, 1.165) is 0 Å². The number of carbonyl (C=O) groups is 1. The van der Waals surface area contributed by atoms with E-state index in [1.165, 1.54) is 17.0 Å². The molecule has 0 atom stereocenters. The number of carbonyl (C=O) groups excluding carboxylic acids is 1. The van der Waals surface area contributed by atoms with Gasteiger partial charge in [-0.1, -0.05) is 24.6 Å². The normalized spacial score (nSPS) is 17.6. The highest BCUT2D eigenvalue weighted by atomic mass is 35.5. The van der Waals surface area contributed by atoms with Gasteiger partial charge in [-0.3, -0.25) is 0 Å². The lowest BCUT2D eigenvalue weighted by Crippen LogP contribution is -2.47. The second-order valence-corrected chi connectivity index (χ2v) is 9.81. The fourth-order valence-electron chi connectivity index (χ4n) is 3.03. The van der Waals surface area contributed by atoms with Crippen LogP contribution in [0.3, 0.4) is 0 Å². The van der Waals surface area contributed by atoms with Gasteiger partial charge in [-0.05, 0) is 45.7 Å². The molecule has 0 aromatic heterocycles. The second-order valence-electron chi connectivity index (χ2n) is 7.64. The van der Waals surface area contributed by atoms with E-state index in [2.05, 4.69) is 4.72 Å². The Bertz CT molecular complexity index is 796. The Morgan fingerprint density at radius 2 is 1.93 bits per heavy atom. The van der Waals surface area contributed by atoms with E-state index in [1.54, 1.807) is 33.8 Å². The molecular formula is C18H27ClN2O5S. The number of nitrogens with one attached hydrogen (secondary N) is 1. The Morgan fingerprint density at radius 3 is 2.44 bits per heavy atom. The predicted molar refractivity (Wildman–Crippen MR) is 103 cm³/mol. The largest absolute Gasteiger partial charge is 0.444 e. The second kappa shape index (κ2) is 7.95. The lowest BCUT2D eigenvalue weighted by Gasteiger charge is -2.39. The van der Waals surface area contributed by atoms with Crippen molar-refractivity contribution in [2.24, 2.45) is 0 Å². The molecule has 1 aromatic carbocycles. The number of rotatable bonds is 4. The maximum Gasteiger partial charge on any atom is 0.410 e. The number of piperidine rings is 1. The first kappa shape index (κ1) is 21.9. The van der Waals surface area contributed by atoms with Crippen molar-refractivity contribution in [1.29, 1.82) is 0 Å². The number of nitrogens with zero attached hydrogens (tertiary/aromatic N) is 1. The van der Waals surface area contributed by atoms with E-state index in [0.29, 0.717) is 0 Å². The zero-order valence-electron chi connectivity index (χ0n) is 16.1. The van der Waals surface area contributed by atoms with Crippen molar-refractivity contribution in [2.75, 3.05) is 19.6 Å². The van der Waals surface area contributed by atoms with Crippen molar-refractivity contribution in [1.82, 2.24) is 9.62 Å². The highest BCUT2D eigenvalue weighted by Crippen LogP contribution is 2.37. The van der Waals surface area contributed by atoms with E-state index in [4.69, 9.17) is 16.3 Å². The van der Waals surface area contributed by atoms with Gasteiger partial charge in [-0.25, -0.2) is 17.9 Å². The number of halogens is 1. The van der Waals surface area contributed by atoms with E-state index in [1.807, 2.05) is 0 Å². The number of sulfonamides is 1. The first-order valence-electron chi connectivity index (χ1n) is 8.88. The van der Waals surface area contributed by atoms with Gasteiger partial charge in [-0.15, -0.1) is 0 Å². The number of ether oxygens (including phenoxy) is 1. The van der Waals surface area contributed by atoms with Crippen LogP contribution in [0, 0.1) is 0 Å². The van der Waals surface area contributed by atoms with Crippen molar-refractivity contribution >= 4 is 27.7 Å². The summed E-state index contributed by atoms with van der Waals surface area (Å²) < 4.78 is 32.9. The molecule has 9 heteroatoms. The Hall–Kier alpha value is -1.35. The molecule has 1 heterocycles. The molecule has 152 valence electrons. The molecule has 1 aromatic rings. The molecule has 2 rings (SSSR count). The summed E-state index contributed by atoms with van der Waals surface area (Å²) in [5.41, 5.74) is -1.69. The SMILES string of the molecule is CCNS(=O)(=O)c1cc(Cl)ccc1C1(O)CCN(C(=O)OC(C)(C)C)CC1. The van der Waals surface area contributed by atoms with Crippen LogP contribution in [0.1, 0.15) is 46.1 Å². The van der Waals surface area contributed by atoms with Crippen molar-refractivity contribution < 1.29 is 23.1 Å². The van der Waals surface area contributed by atoms with Gasteiger partial charge in [0.25, 0.3) is 0 Å². The predicted octanol–water partition coefficient (Wildman–Crippen LogP) is 2.86. The summed E-state index contributed by atoms with van der Waals surface area (Å²) in [6.07, 6.45) is -0.0495. The minimum absolute atomic E-state index is 0.0370. The minimum Gasteiger partial charge on any atom is -0.444 e. The summed E-state index contributed by atoms with van der Waals surface area (Å²) in [6.45, 7) is 7.78. The Labute approximate surface area is 165 Å². The fourth-order valence-corrected chi connectivity index (χ4v) is 4.63. The molecule has 27 heavy (non-hydrogen) atoms. The smallest absolute Gasteiger partial charge is 0.410 e. The molecule has 1 aliphatic rings. The topological polar surface area (TPSA) is 95.9 Å². The average Bonchev–Trinajstić information content (AvgIpc) is 2.53. The summed E-state index contributed by atoms with van der Waals surface area (Å²) in [4.78, 5) is 13.7. The number of aliphatic hydroxyl groups is 1.